The standard InChI is InChI=1S/C18H29NO/c1-2-3-5-12-17(15-9-6-4-7-10-15)19-14-16-11-8-13-18(16)20/h4,6-7,9-10,16-20H,2-3,5,8,11-14H2,1H3. The summed E-state index contributed by atoms with van der Waals surface area (Å²) in [6, 6.07) is 11.2. The first-order valence-electron chi connectivity index (χ1n) is 8.27. The van der Waals surface area contributed by atoms with Crippen LogP contribution in [0.5, 0.6) is 0 Å². The molecule has 2 N–H and O–H groups in total. The average molecular weight is 275 g/mol. The van der Waals surface area contributed by atoms with Crippen molar-refractivity contribution in [3.05, 3.63) is 35.9 Å². The van der Waals surface area contributed by atoms with E-state index in [0.29, 0.717) is 12.0 Å². The van der Waals surface area contributed by atoms with Gasteiger partial charge < -0.3 is 10.4 Å². The normalized spacial score (nSPS) is 23.9. The highest BCUT2D eigenvalue weighted by Crippen LogP contribution is 2.26. The van der Waals surface area contributed by atoms with Gasteiger partial charge in [-0.2, -0.15) is 0 Å². The summed E-state index contributed by atoms with van der Waals surface area (Å²) in [6.45, 7) is 3.20. The third-order valence-electron chi connectivity index (χ3n) is 4.54. The number of aliphatic hydroxyl groups is 1. The van der Waals surface area contributed by atoms with Crippen LogP contribution in [-0.2, 0) is 0 Å². The van der Waals surface area contributed by atoms with E-state index in [-0.39, 0.29) is 6.10 Å². The van der Waals surface area contributed by atoms with E-state index >= 15 is 0 Å². The Morgan fingerprint density at radius 2 is 2.00 bits per heavy atom. The molecule has 1 fully saturated rings. The molecule has 1 aliphatic carbocycles. The summed E-state index contributed by atoms with van der Waals surface area (Å²) >= 11 is 0. The fourth-order valence-electron chi connectivity index (χ4n) is 3.22. The Morgan fingerprint density at radius 3 is 2.65 bits per heavy atom. The van der Waals surface area contributed by atoms with Gasteiger partial charge in [-0.3, -0.25) is 0 Å². The molecular weight excluding hydrogens is 246 g/mol. The number of hydrogen-bond acceptors (Lipinski definition) is 2. The Labute approximate surface area is 123 Å². The van der Waals surface area contributed by atoms with Crippen LogP contribution in [0.1, 0.15) is 63.5 Å². The predicted octanol–water partition coefficient (Wildman–Crippen LogP) is 4.06. The van der Waals surface area contributed by atoms with Crippen molar-refractivity contribution in [2.75, 3.05) is 6.54 Å². The molecular formula is C18H29NO. The molecule has 0 radical (unpaired) electrons. The first-order valence-corrected chi connectivity index (χ1v) is 8.27. The van der Waals surface area contributed by atoms with E-state index < -0.39 is 0 Å². The van der Waals surface area contributed by atoms with E-state index in [2.05, 4.69) is 42.6 Å². The number of nitrogens with one attached hydrogen (secondary N) is 1. The first-order chi connectivity index (χ1) is 9.81. The number of benzene rings is 1. The Bertz CT molecular complexity index is 365. The van der Waals surface area contributed by atoms with Gasteiger partial charge in [0.15, 0.2) is 0 Å². The molecule has 20 heavy (non-hydrogen) atoms. The molecule has 0 heterocycles. The van der Waals surface area contributed by atoms with Crippen molar-refractivity contribution < 1.29 is 5.11 Å². The largest absolute Gasteiger partial charge is 0.393 e. The van der Waals surface area contributed by atoms with Crippen LogP contribution in [0.15, 0.2) is 30.3 Å². The van der Waals surface area contributed by atoms with E-state index in [1.54, 1.807) is 0 Å². The number of hydrogen-bond donors (Lipinski definition) is 2. The van der Waals surface area contributed by atoms with Crippen LogP contribution in [0.4, 0.5) is 0 Å². The highest BCUT2D eigenvalue weighted by molar-refractivity contribution is 5.18. The lowest BCUT2D eigenvalue weighted by atomic mass is 9.98. The van der Waals surface area contributed by atoms with Crippen LogP contribution in [0, 0.1) is 5.92 Å². The van der Waals surface area contributed by atoms with Crippen LogP contribution in [0.25, 0.3) is 0 Å². The SMILES string of the molecule is CCCCCC(NCC1CCCC1O)c1ccccc1. The van der Waals surface area contributed by atoms with Crippen molar-refractivity contribution in [1.82, 2.24) is 5.32 Å². The minimum absolute atomic E-state index is 0.0884. The molecule has 2 nitrogen and oxygen atoms in total. The summed E-state index contributed by atoms with van der Waals surface area (Å²) in [5.41, 5.74) is 1.39. The second kappa shape index (κ2) is 8.43. The molecule has 0 bridgehead atoms. The van der Waals surface area contributed by atoms with Gasteiger partial charge in [0.2, 0.25) is 0 Å². The van der Waals surface area contributed by atoms with Crippen molar-refractivity contribution in [2.45, 2.75) is 64.0 Å². The van der Waals surface area contributed by atoms with Crippen molar-refractivity contribution in [3.8, 4) is 0 Å². The van der Waals surface area contributed by atoms with E-state index in [9.17, 15) is 5.11 Å². The first kappa shape index (κ1) is 15.5. The van der Waals surface area contributed by atoms with E-state index in [0.717, 1.165) is 13.0 Å². The molecule has 0 saturated heterocycles. The van der Waals surface area contributed by atoms with Gasteiger partial charge in [0, 0.05) is 12.6 Å². The highest BCUT2D eigenvalue weighted by Gasteiger charge is 2.25. The highest BCUT2D eigenvalue weighted by atomic mass is 16.3. The van der Waals surface area contributed by atoms with Crippen molar-refractivity contribution >= 4 is 0 Å². The van der Waals surface area contributed by atoms with Gasteiger partial charge in [-0.15, -0.1) is 0 Å². The number of rotatable bonds is 8. The molecule has 1 aromatic carbocycles. The van der Waals surface area contributed by atoms with Crippen LogP contribution < -0.4 is 5.32 Å². The molecule has 2 heteroatoms. The molecule has 1 saturated carbocycles. The lowest BCUT2D eigenvalue weighted by Crippen LogP contribution is -2.31. The summed E-state index contributed by atoms with van der Waals surface area (Å²) in [7, 11) is 0. The lowest BCUT2D eigenvalue weighted by Gasteiger charge is -2.23. The van der Waals surface area contributed by atoms with E-state index in [1.807, 2.05) is 0 Å². The van der Waals surface area contributed by atoms with Crippen LogP contribution in [-0.4, -0.2) is 17.8 Å². The fraction of sp³-hybridized carbons (Fsp3) is 0.667. The molecule has 2 rings (SSSR count). The third-order valence-corrected chi connectivity index (χ3v) is 4.54. The smallest absolute Gasteiger partial charge is 0.0580 e. The predicted molar refractivity (Wildman–Crippen MR) is 84.7 cm³/mol. The lowest BCUT2D eigenvalue weighted by molar-refractivity contribution is 0.129. The van der Waals surface area contributed by atoms with Gasteiger partial charge in [0.1, 0.15) is 0 Å². The van der Waals surface area contributed by atoms with Crippen molar-refractivity contribution in [2.24, 2.45) is 5.92 Å². The Hall–Kier alpha value is -0.860. The average Bonchev–Trinajstić information content (AvgIpc) is 2.89. The van der Waals surface area contributed by atoms with E-state index in [4.69, 9.17) is 0 Å². The van der Waals surface area contributed by atoms with Crippen molar-refractivity contribution in [1.29, 1.82) is 0 Å². The van der Waals surface area contributed by atoms with E-state index in [1.165, 1.54) is 44.1 Å². The van der Waals surface area contributed by atoms with Crippen molar-refractivity contribution in [3.63, 3.8) is 0 Å². The summed E-state index contributed by atoms with van der Waals surface area (Å²) in [4.78, 5) is 0. The molecule has 0 spiro atoms. The topological polar surface area (TPSA) is 32.3 Å². The molecule has 112 valence electrons. The summed E-state index contributed by atoms with van der Waals surface area (Å²) in [5, 5.41) is 13.7. The van der Waals surface area contributed by atoms with Gasteiger partial charge in [-0.1, -0.05) is 62.9 Å². The Morgan fingerprint density at radius 1 is 1.20 bits per heavy atom. The minimum atomic E-state index is -0.0884. The fourth-order valence-corrected chi connectivity index (χ4v) is 3.22. The molecule has 0 aromatic heterocycles. The third kappa shape index (κ3) is 4.60. The zero-order chi connectivity index (χ0) is 14.2. The molecule has 0 amide bonds. The Balaban J connectivity index is 1.88. The summed E-state index contributed by atoms with van der Waals surface area (Å²) in [5.74, 6) is 0.451. The zero-order valence-electron chi connectivity index (χ0n) is 12.7. The van der Waals surface area contributed by atoms with Crippen LogP contribution in [0.2, 0.25) is 0 Å². The summed E-state index contributed by atoms with van der Waals surface area (Å²) in [6.07, 6.45) is 8.29. The molecule has 1 aromatic rings. The summed E-state index contributed by atoms with van der Waals surface area (Å²) < 4.78 is 0. The second-order valence-electron chi connectivity index (χ2n) is 6.13. The minimum Gasteiger partial charge on any atom is -0.393 e. The molecule has 3 unspecified atom stereocenters. The maximum absolute atomic E-state index is 9.95. The maximum Gasteiger partial charge on any atom is 0.0580 e. The van der Waals surface area contributed by atoms with Gasteiger partial charge >= 0.3 is 0 Å². The van der Waals surface area contributed by atoms with Crippen LogP contribution >= 0.6 is 0 Å². The maximum atomic E-state index is 9.95. The van der Waals surface area contributed by atoms with Gasteiger partial charge in [0.05, 0.1) is 6.10 Å². The number of unbranched alkanes of at least 4 members (excludes halogenated alkanes) is 2. The van der Waals surface area contributed by atoms with Gasteiger partial charge in [-0.05, 0) is 30.7 Å². The van der Waals surface area contributed by atoms with Gasteiger partial charge in [-0.25, -0.2) is 0 Å². The van der Waals surface area contributed by atoms with Gasteiger partial charge in [0.25, 0.3) is 0 Å². The molecule has 1 aliphatic rings. The monoisotopic (exact) mass is 275 g/mol. The molecule has 3 atom stereocenters. The second-order valence-corrected chi connectivity index (χ2v) is 6.13. The molecule has 0 aliphatic heterocycles. The quantitative estimate of drug-likeness (QED) is 0.701. The Kier molecular flexibility index (Phi) is 6.55. The number of aliphatic hydroxyl groups excluding tert-OH is 1. The van der Waals surface area contributed by atoms with Crippen LogP contribution in [0.3, 0.4) is 0 Å². The zero-order valence-corrected chi connectivity index (χ0v) is 12.7.